The third-order valence-corrected chi connectivity index (χ3v) is 4.22. The number of urea groups is 1. The summed E-state index contributed by atoms with van der Waals surface area (Å²) in [6.45, 7) is 6.15. The van der Waals surface area contributed by atoms with Crippen LogP contribution in [0.3, 0.4) is 0 Å². The van der Waals surface area contributed by atoms with Crippen LogP contribution in [0.15, 0.2) is 0 Å². The number of aromatic nitrogens is 1. The average molecular weight is 370 g/mol. The fraction of sp³-hybridized carbons (Fsp3) is 0.600. The lowest BCUT2D eigenvalue weighted by Crippen LogP contribution is -2.39. The maximum absolute atomic E-state index is 12.1. The van der Waals surface area contributed by atoms with Gasteiger partial charge in [0.15, 0.2) is 5.13 Å². The molecular weight excluding hydrogens is 348 g/mol. The molecule has 3 amide bonds. The molecule has 10 heteroatoms. The molecule has 2 rings (SSSR count). The van der Waals surface area contributed by atoms with E-state index in [1.807, 2.05) is 20.8 Å². The zero-order valence-electron chi connectivity index (χ0n) is 14.7. The van der Waals surface area contributed by atoms with Crippen LogP contribution in [0.1, 0.15) is 31.3 Å². The molecule has 1 aliphatic rings. The Hall–Kier alpha value is -2.36. The topological polar surface area (TPSA) is 110 Å². The fourth-order valence-electron chi connectivity index (χ4n) is 2.10. The second kappa shape index (κ2) is 7.68. The Morgan fingerprint density at radius 3 is 2.68 bits per heavy atom. The molecule has 0 radical (unpaired) electrons. The number of thiazole rings is 1. The van der Waals surface area contributed by atoms with Crippen molar-refractivity contribution >= 4 is 34.6 Å². The zero-order valence-corrected chi connectivity index (χ0v) is 15.5. The molecule has 0 saturated heterocycles. The number of hydrogen-bond donors (Lipinski definition) is 2. The van der Waals surface area contributed by atoms with Gasteiger partial charge in [-0.1, -0.05) is 11.3 Å². The van der Waals surface area contributed by atoms with Crippen LogP contribution in [0.4, 0.5) is 14.7 Å². The predicted octanol–water partition coefficient (Wildman–Crippen LogP) is 1.73. The van der Waals surface area contributed by atoms with E-state index in [1.54, 1.807) is 4.90 Å². The van der Waals surface area contributed by atoms with Crippen LogP contribution in [0.5, 0.6) is 0 Å². The van der Waals surface area contributed by atoms with Gasteiger partial charge in [-0.25, -0.2) is 14.6 Å². The SMILES string of the molecule is COC(=O)CNC(=O)Nc1nc2c(s1)CN(C(=O)OC(C)(C)C)CC2. The number of esters is 1. The summed E-state index contributed by atoms with van der Waals surface area (Å²) in [6.07, 6.45) is 0.230. The number of nitrogens with zero attached hydrogens (tertiary/aromatic N) is 2. The van der Waals surface area contributed by atoms with Crippen molar-refractivity contribution in [3.05, 3.63) is 10.6 Å². The number of rotatable bonds is 3. The molecule has 0 fully saturated rings. The number of methoxy groups -OCH3 is 1. The van der Waals surface area contributed by atoms with Crippen molar-refractivity contribution in [2.75, 3.05) is 25.5 Å². The number of amides is 3. The quantitative estimate of drug-likeness (QED) is 0.784. The third-order valence-electron chi connectivity index (χ3n) is 3.22. The molecular formula is C15H22N4O5S. The monoisotopic (exact) mass is 370 g/mol. The van der Waals surface area contributed by atoms with Gasteiger partial charge in [-0.15, -0.1) is 0 Å². The van der Waals surface area contributed by atoms with Crippen molar-refractivity contribution in [2.24, 2.45) is 0 Å². The lowest BCUT2D eigenvalue weighted by molar-refractivity contribution is -0.139. The van der Waals surface area contributed by atoms with Crippen LogP contribution in [0.2, 0.25) is 0 Å². The molecule has 0 aromatic carbocycles. The van der Waals surface area contributed by atoms with Crippen LogP contribution < -0.4 is 10.6 Å². The van der Waals surface area contributed by atoms with E-state index in [1.165, 1.54) is 18.4 Å². The smallest absolute Gasteiger partial charge is 0.410 e. The van der Waals surface area contributed by atoms with E-state index in [4.69, 9.17) is 4.74 Å². The molecule has 0 aliphatic carbocycles. The minimum atomic E-state index is -0.546. The summed E-state index contributed by atoms with van der Waals surface area (Å²) in [6, 6.07) is -0.541. The summed E-state index contributed by atoms with van der Waals surface area (Å²) in [7, 11) is 1.24. The molecule has 2 heterocycles. The van der Waals surface area contributed by atoms with Crippen LogP contribution in [-0.2, 0) is 27.2 Å². The molecule has 1 aromatic rings. The lowest BCUT2D eigenvalue weighted by atomic mass is 10.2. The van der Waals surface area contributed by atoms with Crippen molar-refractivity contribution in [1.29, 1.82) is 0 Å². The Morgan fingerprint density at radius 1 is 1.32 bits per heavy atom. The predicted molar refractivity (Wildman–Crippen MR) is 91.5 cm³/mol. The summed E-state index contributed by atoms with van der Waals surface area (Å²) in [5, 5.41) is 5.36. The minimum Gasteiger partial charge on any atom is -0.468 e. The van der Waals surface area contributed by atoms with E-state index in [2.05, 4.69) is 20.4 Å². The average Bonchev–Trinajstić information content (AvgIpc) is 2.91. The molecule has 2 N–H and O–H groups in total. The largest absolute Gasteiger partial charge is 0.468 e. The molecule has 9 nitrogen and oxygen atoms in total. The van der Waals surface area contributed by atoms with Gasteiger partial charge < -0.3 is 19.7 Å². The molecule has 0 saturated carbocycles. The number of nitrogens with one attached hydrogen (secondary N) is 2. The molecule has 1 aromatic heterocycles. The summed E-state index contributed by atoms with van der Waals surface area (Å²) in [5.41, 5.74) is 0.309. The van der Waals surface area contributed by atoms with Crippen molar-refractivity contribution < 1.29 is 23.9 Å². The number of hydrogen-bond acceptors (Lipinski definition) is 7. The van der Waals surface area contributed by atoms with Gasteiger partial charge in [0, 0.05) is 17.8 Å². The normalized spacial score (nSPS) is 13.7. The number of fused-ring (bicyclic) bond motifs is 1. The van der Waals surface area contributed by atoms with Gasteiger partial charge >= 0.3 is 18.1 Å². The summed E-state index contributed by atoms with van der Waals surface area (Å²) < 4.78 is 9.82. The Morgan fingerprint density at radius 2 is 2.04 bits per heavy atom. The van der Waals surface area contributed by atoms with Crippen molar-refractivity contribution in [3.8, 4) is 0 Å². The molecule has 0 atom stereocenters. The molecule has 0 bridgehead atoms. The Labute approximate surface area is 149 Å². The first-order chi connectivity index (χ1) is 11.7. The first kappa shape index (κ1) is 19.0. The highest BCUT2D eigenvalue weighted by atomic mass is 32.1. The highest BCUT2D eigenvalue weighted by Crippen LogP contribution is 2.29. The van der Waals surface area contributed by atoms with Gasteiger partial charge in [-0.3, -0.25) is 10.1 Å². The second-order valence-electron chi connectivity index (χ2n) is 6.42. The van der Waals surface area contributed by atoms with E-state index >= 15 is 0 Å². The van der Waals surface area contributed by atoms with E-state index in [9.17, 15) is 14.4 Å². The molecule has 138 valence electrons. The number of anilines is 1. The number of carbonyl (C=O) groups is 3. The zero-order chi connectivity index (χ0) is 18.6. The third kappa shape index (κ3) is 5.59. The van der Waals surface area contributed by atoms with Crippen molar-refractivity contribution in [2.45, 2.75) is 39.3 Å². The Kier molecular flexibility index (Phi) is 5.83. The van der Waals surface area contributed by atoms with Crippen LogP contribution >= 0.6 is 11.3 Å². The van der Waals surface area contributed by atoms with E-state index in [0.29, 0.717) is 24.6 Å². The number of ether oxygens (including phenoxy) is 2. The first-order valence-electron chi connectivity index (χ1n) is 7.76. The highest BCUT2D eigenvalue weighted by Gasteiger charge is 2.28. The van der Waals surface area contributed by atoms with Gasteiger partial charge in [0.2, 0.25) is 0 Å². The van der Waals surface area contributed by atoms with Crippen LogP contribution in [-0.4, -0.2) is 53.8 Å². The lowest BCUT2D eigenvalue weighted by Gasteiger charge is -2.29. The van der Waals surface area contributed by atoms with Crippen LogP contribution in [0.25, 0.3) is 0 Å². The van der Waals surface area contributed by atoms with Gasteiger partial charge in [-0.05, 0) is 20.8 Å². The summed E-state index contributed by atoms with van der Waals surface area (Å²) in [4.78, 5) is 41.8. The van der Waals surface area contributed by atoms with Crippen molar-refractivity contribution in [1.82, 2.24) is 15.2 Å². The van der Waals surface area contributed by atoms with Gasteiger partial charge in [-0.2, -0.15) is 0 Å². The van der Waals surface area contributed by atoms with Gasteiger partial charge in [0.1, 0.15) is 12.1 Å². The summed E-state index contributed by atoms with van der Waals surface area (Å²) >= 11 is 1.29. The maximum Gasteiger partial charge on any atom is 0.410 e. The van der Waals surface area contributed by atoms with E-state index in [0.717, 1.165) is 10.6 Å². The Balaban J connectivity index is 1.93. The van der Waals surface area contributed by atoms with E-state index in [-0.39, 0.29) is 12.6 Å². The number of carbonyl (C=O) groups excluding carboxylic acids is 3. The minimum absolute atomic E-state index is 0.222. The maximum atomic E-state index is 12.1. The Bertz CT molecular complexity index is 667. The van der Waals surface area contributed by atoms with Gasteiger partial charge in [0.25, 0.3) is 0 Å². The van der Waals surface area contributed by atoms with E-state index < -0.39 is 17.6 Å². The standard InChI is InChI=1S/C15H22N4O5S/c1-15(2,3)24-14(22)19-6-5-9-10(8-19)25-13(17-9)18-12(21)16-7-11(20)23-4/h5-8H2,1-4H3,(H2,16,17,18,21). The van der Waals surface area contributed by atoms with Crippen molar-refractivity contribution in [3.63, 3.8) is 0 Å². The van der Waals surface area contributed by atoms with Crippen LogP contribution in [0, 0.1) is 0 Å². The summed E-state index contributed by atoms with van der Waals surface area (Å²) in [5.74, 6) is -0.540. The van der Waals surface area contributed by atoms with Gasteiger partial charge in [0.05, 0.1) is 19.3 Å². The molecule has 1 aliphatic heterocycles. The second-order valence-corrected chi connectivity index (χ2v) is 7.51. The molecule has 0 unspecified atom stereocenters. The first-order valence-corrected chi connectivity index (χ1v) is 8.58. The molecule has 0 spiro atoms. The fourth-order valence-corrected chi connectivity index (χ4v) is 3.12. The molecule has 25 heavy (non-hydrogen) atoms. The highest BCUT2D eigenvalue weighted by molar-refractivity contribution is 7.15.